The summed E-state index contributed by atoms with van der Waals surface area (Å²) in [6, 6.07) is 5.46. The van der Waals surface area contributed by atoms with E-state index in [-0.39, 0.29) is 28.5 Å². The van der Waals surface area contributed by atoms with Crippen LogP contribution in [0.1, 0.15) is 23.6 Å². The number of aromatic amines is 1. The molecule has 1 aromatic carbocycles. The standard InChI is InChI=1S/C22H17F2N4O2/c1-11-15(22(30)28-19-6-5-17(23)16(10-26)21(11)19)8-20(29)27-12(2)14-4-3-13(9-25)7-18(14)24/h3-7,12-13H,8H2,1-2H3,(H,27,29)(H,28,30)/t12-,13?/m0/s1. The average molecular weight is 407 g/mol. The largest absolute Gasteiger partial charge is 0.349 e. The van der Waals surface area contributed by atoms with Gasteiger partial charge in [0.05, 0.1) is 35.5 Å². The minimum Gasteiger partial charge on any atom is -0.349 e. The number of fused-ring (bicyclic) bond motifs is 1. The number of allylic oxidation sites excluding steroid dienone is 2. The lowest BCUT2D eigenvalue weighted by atomic mass is 9.93. The fourth-order valence-corrected chi connectivity index (χ4v) is 3.47. The number of nitriles is 2. The van der Waals surface area contributed by atoms with Crippen molar-refractivity contribution in [3.8, 4) is 12.1 Å². The van der Waals surface area contributed by atoms with E-state index in [1.165, 1.54) is 18.6 Å². The van der Waals surface area contributed by atoms with Crippen molar-refractivity contribution in [2.75, 3.05) is 0 Å². The van der Waals surface area contributed by atoms with Gasteiger partial charge in [-0.25, -0.2) is 8.78 Å². The highest BCUT2D eigenvalue weighted by molar-refractivity contribution is 5.90. The van der Waals surface area contributed by atoms with Gasteiger partial charge < -0.3 is 10.3 Å². The summed E-state index contributed by atoms with van der Waals surface area (Å²) in [5.41, 5.74) is 0.215. The molecule has 0 saturated heterocycles. The molecule has 2 N–H and O–H groups in total. The number of carbonyl (C=O) groups excluding carboxylic acids is 1. The Morgan fingerprint density at radius 3 is 2.70 bits per heavy atom. The van der Waals surface area contributed by atoms with Crippen molar-refractivity contribution in [1.29, 1.82) is 10.5 Å². The average Bonchev–Trinajstić information content (AvgIpc) is 2.71. The molecule has 151 valence electrons. The molecule has 0 saturated carbocycles. The van der Waals surface area contributed by atoms with Gasteiger partial charge in [-0.05, 0) is 37.6 Å². The van der Waals surface area contributed by atoms with Crippen molar-refractivity contribution in [2.24, 2.45) is 5.92 Å². The first-order valence-electron chi connectivity index (χ1n) is 9.12. The number of rotatable bonds is 4. The maximum Gasteiger partial charge on any atom is 0.252 e. The Kier molecular flexibility index (Phi) is 5.79. The number of carbonyl (C=O) groups is 1. The summed E-state index contributed by atoms with van der Waals surface area (Å²) in [7, 11) is 0. The van der Waals surface area contributed by atoms with E-state index in [9.17, 15) is 23.6 Å². The van der Waals surface area contributed by atoms with Gasteiger partial charge in [0, 0.05) is 22.9 Å². The van der Waals surface area contributed by atoms with Crippen LogP contribution < -0.4 is 10.9 Å². The van der Waals surface area contributed by atoms with E-state index in [0.717, 1.165) is 12.1 Å². The lowest BCUT2D eigenvalue weighted by Crippen LogP contribution is -2.37. The minimum atomic E-state index is -0.720. The molecule has 3 rings (SSSR count). The van der Waals surface area contributed by atoms with E-state index in [1.54, 1.807) is 19.9 Å². The van der Waals surface area contributed by atoms with Gasteiger partial charge in [-0.3, -0.25) is 9.59 Å². The second-order valence-corrected chi connectivity index (χ2v) is 6.96. The number of nitrogens with zero attached hydrogens (tertiary/aromatic N) is 2. The number of H-pyrrole nitrogens is 1. The Morgan fingerprint density at radius 1 is 1.33 bits per heavy atom. The van der Waals surface area contributed by atoms with Crippen LogP contribution in [0.3, 0.4) is 0 Å². The molecule has 1 amide bonds. The highest BCUT2D eigenvalue weighted by atomic mass is 19.1. The Bertz CT molecular complexity index is 1240. The molecule has 1 aliphatic rings. The van der Waals surface area contributed by atoms with Crippen LogP contribution >= 0.6 is 0 Å². The summed E-state index contributed by atoms with van der Waals surface area (Å²) in [5, 5.41) is 21.0. The number of halogens is 2. The van der Waals surface area contributed by atoms with Crippen molar-refractivity contribution >= 4 is 16.8 Å². The van der Waals surface area contributed by atoms with E-state index in [4.69, 9.17) is 5.26 Å². The van der Waals surface area contributed by atoms with E-state index in [0.29, 0.717) is 11.1 Å². The van der Waals surface area contributed by atoms with Crippen LogP contribution in [0.5, 0.6) is 0 Å². The normalized spacial score (nSPS) is 16.8. The van der Waals surface area contributed by atoms with Crippen LogP contribution in [0.25, 0.3) is 10.9 Å². The molecule has 0 bridgehead atoms. The second kappa shape index (κ2) is 8.30. The number of benzene rings is 1. The lowest BCUT2D eigenvalue weighted by molar-refractivity contribution is -0.120. The third-order valence-electron chi connectivity index (χ3n) is 5.03. The lowest BCUT2D eigenvalue weighted by Gasteiger charge is -2.20. The zero-order chi connectivity index (χ0) is 22.0. The summed E-state index contributed by atoms with van der Waals surface area (Å²) in [6.07, 6.45) is 3.81. The Morgan fingerprint density at radius 2 is 2.07 bits per heavy atom. The van der Waals surface area contributed by atoms with Crippen molar-refractivity contribution in [3.63, 3.8) is 0 Å². The summed E-state index contributed by atoms with van der Waals surface area (Å²) in [6.45, 7) is 3.13. The van der Waals surface area contributed by atoms with Crippen molar-refractivity contribution in [2.45, 2.75) is 26.3 Å². The Hall–Kier alpha value is -3.78. The molecule has 1 aromatic heterocycles. The first kappa shape index (κ1) is 20.9. The molecule has 0 spiro atoms. The van der Waals surface area contributed by atoms with Crippen LogP contribution in [0.4, 0.5) is 8.78 Å². The maximum atomic E-state index is 14.2. The van der Waals surface area contributed by atoms with Crippen LogP contribution in [0.2, 0.25) is 0 Å². The third-order valence-corrected chi connectivity index (χ3v) is 5.03. The van der Waals surface area contributed by atoms with Gasteiger partial charge in [0.2, 0.25) is 5.91 Å². The first-order chi connectivity index (χ1) is 14.3. The highest BCUT2D eigenvalue weighted by Crippen LogP contribution is 2.26. The van der Waals surface area contributed by atoms with Gasteiger partial charge in [0.15, 0.2) is 0 Å². The predicted octanol–water partition coefficient (Wildman–Crippen LogP) is 3.03. The fourth-order valence-electron chi connectivity index (χ4n) is 3.47. The van der Waals surface area contributed by atoms with Crippen LogP contribution in [-0.2, 0) is 11.2 Å². The summed E-state index contributed by atoms with van der Waals surface area (Å²) in [4.78, 5) is 27.5. The van der Waals surface area contributed by atoms with Crippen LogP contribution in [-0.4, -0.2) is 16.9 Å². The summed E-state index contributed by atoms with van der Waals surface area (Å²) < 4.78 is 28.2. The molecular weight excluding hydrogens is 390 g/mol. The molecule has 1 heterocycles. The van der Waals surface area contributed by atoms with Gasteiger partial charge in [0.25, 0.3) is 5.56 Å². The van der Waals surface area contributed by atoms with Gasteiger partial charge in [-0.15, -0.1) is 0 Å². The summed E-state index contributed by atoms with van der Waals surface area (Å²) in [5.74, 6) is -2.51. The molecule has 0 fully saturated rings. The number of pyridine rings is 1. The monoisotopic (exact) mass is 407 g/mol. The van der Waals surface area contributed by atoms with Crippen LogP contribution in [0.15, 0.2) is 40.5 Å². The zero-order valence-corrected chi connectivity index (χ0v) is 16.2. The third kappa shape index (κ3) is 3.85. The SMILES string of the molecule is Cc1c(CC(=O)N[C@@H](C)C2=C[CH]C(C#N)C=C2F)c(=O)[nH]c2ccc(F)c(C#N)c12. The topological polar surface area (TPSA) is 110 Å². The molecule has 0 aliphatic heterocycles. The van der Waals surface area contributed by atoms with Gasteiger partial charge in [-0.2, -0.15) is 10.5 Å². The molecular formula is C22H17F2N4O2. The molecule has 1 unspecified atom stereocenters. The number of aromatic nitrogens is 1. The quantitative estimate of drug-likeness (QED) is 0.812. The Balaban J connectivity index is 1.86. The zero-order valence-electron chi connectivity index (χ0n) is 16.2. The highest BCUT2D eigenvalue weighted by Gasteiger charge is 2.23. The maximum absolute atomic E-state index is 14.2. The number of nitrogens with one attached hydrogen (secondary N) is 2. The van der Waals surface area contributed by atoms with Gasteiger partial charge in [-0.1, -0.05) is 6.08 Å². The molecule has 8 heteroatoms. The van der Waals surface area contributed by atoms with Crippen molar-refractivity contribution in [1.82, 2.24) is 10.3 Å². The number of hydrogen-bond donors (Lipinski definition) is 2. The van der Waals surface area contributed by atoms with E-state index in [1.807, 2.05) is 6.07 Å². The van der Waals surface area contributed by atoms with E-state index in [2.05, 4.69) is 10.3 Å². The second-order valence-electron chi connectivity index (χ2n) is 6.96. The number of aryl methyl sites for hydroxylation is 1. The first-order valence-corrected chi connectivity index (χ1v) is 9.12. The Labute approximate surface area is 171 Å². The molecule has 1 radical (unpaired) electrons. The molecule has 30 heavy (non-hydrogen) atoms. The smallest absolute Gasteiger partial charge is 0.252 e. The van der Waals surface area contributed by atoms with Crippen molar-refractivity contribution in [3.05, 3.63) is 75.0 Å². The minimum absolute atomic E-state index is 0.0963. The van der Waals surface area contributed by atoms with E-state index >= 15 is 0 Å². The summed E-state index contributed by atoms with van der Waals surface area (Å²) >= 11 is 0. The molecule has 1 aliphatic carbocycles. The van der Waals surface area contributed by atoms with Gasteiger partial charge in [0.1, 0.15) is 17.7 Å². The molecule has 2 atom stereocenters. The van der Waals surface area contributed by atoms with Crippen LogP contribution in [0, 0.1) is 47.7 Å². The fraction of sp³-hybridized carbons (Fsp3) is 0.227. The molecule has 2 aromatic rings. The number of hydrogen-bond acceptors (Lipinski definition) is 4. The molecule has 6 nitrogen and oxygen atoms in total. The van der Waals surface area contributed by atoms with E-state index < -0.39 is 35.1 Å². The van der Waals surface area contributed by atoms with Crippen molar-refractivity contribution < 1.29 is 13.6 Å². The number of amides is 1. The van der Waals surface area contributed by atoms with Gasteiger partial charge >= 0.3 is 0 Å². The predicted molar refractivity (Wildman–Crippen MR) is 106 cm³/mol.